The van der Waals surface area contributed by atoms with Crippen molar-refractivity contribution in [3.8, 4) is 5.88 Å². The molecule has 0 unspecified atom stereocenters. The van der Waals surface area contributed by atoms with E-state index in [1.165, 1.54) is 0 Å². The normalized spacial score (nSPS) is 12.5. The minimum absolute atomic E-state index is 0.00186. The highest BCUT2D eigenvalue weighted by molar-refractivity contribution is 5.06. The van der Waals surface area contributed by atoms with Gasteiger partial charge < -0.3 is 9.47 Å². The summed E-state index contributed by atoms with van der Waals surface area (Å²) in [5.74, 6) is 0.537. The van der Waals surface area contributed by atoms with E-state index in [0.29, 0.717) is 12.5 Å². The molecule has 0 spiro atoms. The molecular formula is C9H14N2O2. The highest BCUT2D eigenvalue weighted by atomic mass is 16.5. The molecule has 0 radical (unpaired) electrons. The Balaban J connectivity index is 2.49. The Morgan fingerprint density at radius 2 is 2.15 bits per heavy atom. The van der Waals surface area contributed by atoms with E-state index in [1.807, 2.05) is 13.8 Å². The van der Waals surface area contributed by atoms with Gasteiger partial charge in [-0.3, -0.25) is 4.98 Å². The SMILES string of the molecule is COC[C@H](C)Oc1cnc(C)cn1. The smallest absolute Gasteiger partial charge is 0.232 e. The Kier molecular flexibility index (Phi) is 3.64. The van der Waals surface area contributed by atoms with Crippen LogP contribution in [0.4, 0.5) is 0 Å². The number of hydrogen-bond acceptors (Lipinski definition) is 4. The van der Waals surface area contributed by atoms with Crippen LogP contribution in [-0.4, -0.2) is 29.8 Å². The van der Waals surface area contributed by atoms with E-state index in [2.05, 4.69) is 9.97 Å². The predicted octanol–water partition coefficient (Wildman–Crippen LogP) is 1.20. The van der Waals surface area contributed by atoms with Gasteiger partial charge in [-0.15, -0.1) is 0 Å². The molecule has 0 aliphatic carbocycles. The van der Waals surface area contributed by atoms with Gasteiger partial charge in [-0.05, 0) is 13.8 Å². The monoisotopic (exact) mass is 182 g/mol. The Morgan fingerprint density at radius 3 is 2.69 bits per heavy atom. The Morgan fingerprint density at radius 1 is 1.38 bits per heavy atom. The summed E-state index contributed by atoms with van der Waals surface area (Å²) < 4.78 is 10.3. The second-order valence-electron chi connectivity index (χ2n) is 2.88. The van der Waals surface area contributed by atoms with E-state index in [9.17, 15) is 0 Å². The van der Waals surface area contributed by atoms with Gasteiger partial charge >= 0.3 is 0 Å². The number of rotatable bonds is 4. The second kappa shape index (κ2) is 4.77. The standard InChI is InChI=1S/C9H14N2O2/c1-7-4-11-9(5-10-7)13-8(2)6-12-3/h4-5,8H,6H2,1-3H3/t8-/m0/s1. The van der Waals surface area contributed by atoms with Crippen LogP contribution in [0.1, 0.15) is 12.6 Å². The summed E-state index contributed by atoms with van der Waals surface area (Å²) in [6.07, 6.45) is 3.29. The van der Waals surface area contributed by atoms with E-state index in [-0.39, 0.29) is 6.10 Å². The van der Waals surface area contributed by atoms with Gasteiger partial charge in [0.1, 0.15) is 6.10 Å². The van der Waals surface area contributed by atoms with Gasteiger partial charge in [0, 0.05) is 7.11 Å². The fourth-order valence-corrected chi connectivity index (χ4v) is 0.916. The van der Waals surface area contributed by atoms with Crippen molar-refractivity contribution in [3.63, 3.8) is 0 Å². The number of ether oxygens (including phenoxy) is 2. The minimum Gasteiger partial charge on any atom is -0.471 e. The topological polar surface area (TPSA) is 44.2 Å². The fourth-order valence-electron chi connectivity index (χ4n) is 0.916. The van der Waals surface area contributed by atoms with Crippen LogP contribution in [0.5, 0.6) is 5.88 Å². The molecule has 72 valence electrons. The van der Waals surface area contributed by atoms with Crippen LogP contribution in [-0.2, 0) is 4.74 Å². The number of methoxy groups -OCH3 is 1. The lowest BCUT2D eigenvalue weighted by molar-refractivity contribution is 0.0886. The highest BCUT2D eigenvalue weighted by Gasteiger charge is 2.03. The van der Waals surface area contributed by atoms with Crippen LogP contribution in [0.25, 0.3) is 0 Å². The summed E-state index contributed by atoms with van der Waals surface area (Å²) >= 11 is 0. The van der Waals surface area contributed by atoms with Crippen molar-refractivity contribution in [1.82, 2.24) is 9.97 Å². The van der Waals surface area contributed by atoms with Crippen molar-refractivity contribution in [2.45, 2.75) is 20.0 Å². The van der Waals surface area contributed by atoms with Crippen LogP contribution in [0.2, 0.25) is 0 Å². The maximum absolute atomic E-state index is 5.41. The van der Waals surface area contributed by atoms with Crippen molar-refractivity contribution in [1.29, 1.82) is 0 Å². The molecule has 0 aromatic carbocycles. The zero-order valence-electron chi connectivity index (χ0n) is 8.15. The lowest BCUT2D eigenvalue weighted by Crippen LogP contribution is -2.18. The summed E-state index contributed by atoms with van der Waals surface area (Å²) in [7, 11) is 1.64. The molecule has 0 fully saturated rings. The van der Waals surface area contributed by atoms with Crippen molar-refractivity contribution in [2.24, 2.45) is 0 Å². The fraction of sp³-hybridized carbons (Fsp3) is 0.556. The molecule has 13 heavy (non-hydrogen) atoms. The number of nitrogens with zero attached hydrogens (tertiary/aromatic N) is 2. The first-order valence-electron chi connectivity index (χ1n) is 4.16. The van der Waals surface area contributed by atoms with E-state index >= 15 is 0 Å². The van der Waals surface area contributed by atoms with Crippen LogP contribution in [0.15, 0.2) is 12.4 Å². The molecule has 0 amide bonds. The Labute approximate surface area is 77.9 Å². The van der Waals surface area contributed by atoms with Crippen molar-refractivity contribution in [2.75, 3.05) is 13.7 Å². The lowest BCUT2D eigenvalue weighted by Gasteiger charge is -2.11. The molecule has 1 aromatic rings. The van der Waals surface area contributed by atoms with E-state index in [0.717, 1.165) is 5.69 Å². The number of hydrogen-bond donors (Lipinski definition) is 0. The molecular weight excluding hydrogens is 168 g/mol. The molecule has 0 bridgehead atoms. The molecule has 1 heterocycles. The molecule has 1 rings (SSSR count). The zero-order valence-corrected chi connectivity index (χ0v) is 8.15. The van der Waals surface area contributed by atoms with Crippen LogP contribution < -0.4 is 4.74 Å². The third-order valence-corrected chi connectivity index (χ3v) is 1.48. The van der Waals surface area contributed by atoms with Crippen molar-refractivity contribution < 1.29 is 9.47 Å². The van der Waals surface area contributed by atoms with Crippen LogP contribution >= 0.6 is 0 Å². The molecule has 0 saturated heterocycles. The van der Waals surface area contributed by atoms with E-state index < -0.39 is 0 Å². The second-order valence-corrected chi connectivity index (χ2v) is 2.88. The van der Waals surface area contributed by atoms with Crippen LogP contribution in [0, 0.1) is 6.92 Å². The number of aryl methyl sites for hydroxylation is 1. The van der Waals surface area contributed by atoms with Crippen molar-refractivity contribution in [3.05, 3.63) is 18.1 Å². The largest absolute Gasteiger partial charge is 0.471 e. The Hall–Kier alpha value is -1.16. The number of aromatic nitrogens is 2. The average molecular weight is 182 g/mol. The zero-order chi connectivity index (χ0) is 9.68. The minimum atomic E-state index is 0.00186. The first-order valence-corrected chi connectivity index (χ1v) is 4.16. The summed E-state index contributed by atoms with van der Waals surface area (Å²) in [5, 5.41) is 0. The van der Waals surface area contributed by atoms with Gasteiger partial charge in [0.2, 0.25) is 5.88 Å². The quantitative estimate of drug-likeness (QED) is 0.701. The molecule has 1 atom stereocenters. The predicted molar refractivity (Wildman–Crippen MR) is 48.7 cm³/mol. The van der Waals surface area contributed by atoms with E-state index in [1.54, 1.807) is 19.5 Å². The summed E-state index contributed by atoms with van der Waals surface area (Å²) in [6.45, 7) is 4.36. The molecule has 0 N–H and O–H groups in total. The van der Waals surface area contributed by atoms with Gasteiger partial charge in [0.25, 0.3) is 0 Å². The molecule has 1 aromatic heterocycles. The molecule has 4 heteroatoms. The van der Waals surface area contributed by atoms with Gasteiger partial charge in [-0.1, -0.05) is 0 Å². The molecule has 0 saturated carbocycles. The van der Waals surface area contributed by atoms with Crippen molar-refractivity contribution >= 4 is 0 Å². The highest BCUT2D eigenvalue weighted by Crippen LogP contribution is 2.05. The van der Waals surface area contributed by atoms with E-state index in [4.69, 9.17) is 9.47 Å². The van der Waals surface area contributed by atoms with Gasteiger partial charge in [-0.25, -0.2) is 4.98 Å². The average Bonchev–Trinajstić information content (AvgIpc) is 2.09. The lowest BCUT2D eigenvalue weighted by atomic mass is 10.4. The molecule has 4 nitrogen and oxygen atoms in total. The molecule has 0 aliphatic heterocycles. The Bertz CT molecular complexity index is 248. The summed E-state index contributed by atoms with van der Waals surface area (Å²) in [4.78, 5) is 8.12. The maximum atomic E-state index is 5.41. The maximum Gasteiger partial charge on any atom is 0.232 e. The summed E-state index contributed by atoms with van der Waals surface area (Å²) in [5.41, 5.74) is 0.881. The third-order valence-electron chi connectivity index (χ3n) is 1.48. The van der Waals surface area contributed by atoms with Gasteiger partial charge in [-0.2, -0.15) is 0 Å². The first-order chi connectivity index (χ1) is 6.22. The third kappa shape index (κ3) is 3.38. The van der Waals surface area contributed by atoms with Gasteiger partial charge in [0.15, 0.2) is 0 Å². The van der Waals surface area contributed by atoms with Crippen LogP contribution in [0.3, 0.4) is 0 Å². The molecule has 0 aliphatic rings. The first kappa shape index (κ1) is 9.92. The summed E-state index contributed by atoms with van der Waals surface area (Å²) in [6, 6.07) is 0. The van der Waals surface area contributed by atoms with Gasteiger partial charge in [0.05, 0.1) is 24.7 Å².